The van der Waals surface area contributed by atoms with Crippen LogP contribution in [0.3, 0.4) is 0 Å². The zero-order valence-corrected chi connectivity index (χ0v) is 9.24. The van der Waals surface area contributed by atoms with Gasteiger partial charge < -0.3 is 11.1 Å². The molecular weight excluding hydrogens is 216 g/mol. The van der Waals surface area contributed by atoms with Crippen LogP contribution in [-0.4, -0.2) is 23.6 Å². The second-order valence-electron chi connectivity index (χ2n) is 3.21. The van der Waals surface area contributed by atoms with Gasteiger partial charge in [0, 0.05) is 23.1 Å². The second kappa shape index (κ2) is 4.33. The molecule has 1 fully saturated rings. The van der Waals surface area contributed by atoms with E-state index in [1.807, 2.05) is 6.07 Å². The molecule has 3 nitrogen and oxygen atoms in total. The average molecular weight is 228 g/mol. The van der Waals surface area contributed by atoms with Crippen LogP contribution in [0.5, 0.6) is 0 Å². The highest BCUT2D eigenvalue weighted by atomic mass is 32.2. The first-order chi connectivity index (χ1) is 6.77. The maximum Gasteiger partial charge on any atom is 0.247 e. The molecular formula is C9H12N2OS2. The maximum atomic E-state index is 11.3. The van der Waals surface area contributed by atoms with Crippen molar-refractivity contribution in [1.82, 2.24) is 5.32 Å². The van der Waals surface area contributed by atoms with Crippen molar-refractivity contribution in [1.29, 1.82) is 0 Å². The summed E-state index contributed by atoms with van der Waals surface area (Å²) in [6.45, 7) is 0.708. The maximum absolute atomic E-state index is 11.3. The number of hydrogen-bond donors (Lipinski definition) is 2. The van der Waals surface area contributed by atoms with E-state index in [0.29, 0.717) is 12.5 Å². The lowest BCUT2D eigenvalue weighted by Crippen LogP contribution is -2.37. The molecule has 2 heterocycles. The third kappa shape index (κ3) is 2.10. The number of rotatable bonds is 1. The number of carbonyl (C=O) groups excluding carboxylic acids is 1. The van der Waals surface area contributed by atoms with Crippen LogP contribution in [0, 0.1) is 0 Å². The summed E-state index contributed by atoms with van der Waals surface area (Å²) in [6, 6.07) is 4.15. The molecule has 1 aliphatic rings. The first-order valence-electron chi connectivity index (χ1n) is 4.45. The number of nitrogens with two attached hydrogens (primary N) is 1. The van der Waals surface area contributed by atoms with Gasteiger partial charge in [0.1, 0.15) is 5.37 Å². The predicted molar refractivity (Wildman–Crippen MR) is 60.5 cm³/mol. The third-order valence-corrected chi connectivity index (χ3v) is 4.41. The fourth-order valence-electron chi connectivity index (χ4n) is 1.39. The molecule has 1 aromatic rings. The Hall–Kier alpha value is -0.520. The van der Waals surface area contributed by atoms with Crippen LogP contribution in [0.1, 0.15) is 10.8 Å². The van der Waals surface area contributed by atoms with Gasteiger partial charge in [-0.05, 0) is 11.4 Å². The molecule has 3 N–H and O–H groups in total. The second-order valence-corrected chi connectivity index (χ2v) is 5.37. The van der Waals surface area contributed by atoms with Crippen molar-refractivity contribution in [3.05, 3.63) is 22.4 Å². The molecule has 76 valence electrons. The summed E-state index contributed by atoms with van der Waals surface area (Å²) in [4.78, 5) is 12.6. The summed E-state index contributed by atoms with van der Waals surface area (Å²) in [7, 11) is 0. The minimum Gasteiger partial charge on any atom is -0.353 e. The normalized spacial score (nSPS) is 28.2. The van der Waals surface area contributed by atoms with Crippen molar-refractivity contribution in [2.45, 2.75) is 11.3 Å². The van der Waals surface area contributed by atoms with E-state index in [-0.39, 0.29) is 5.91 Å². The van der Waals surface area contributed by atoms with Gasteiger partial charge in [0.25, 0.3) is 0 Å². The van der Waals surface area contributed by atoms with Crippen molar-refractivity contribution in [3.63, 3.8) is 0 Å². The van der Waals surface area contributed by atoms with Crippen LogP contribution in [0.4, 0.5) is 0 Å². The first kappa shape index (κ1) is 10.0. The summed E-state index contributed by atoms with van der Waals surface area (Å²) in [5.41, 5.74) is 5.65. The van der Waals surface area contributed by atoms with Gasteiger partial charge in [-0.3, -0.25) is 4.79 Å². The Balaban J connectivity index is 2.06. The molecule has 0 spiro atoms. The van der Waals surface area contributed by atoms with E-state index >= 15 is 0 Å². The number of nitrogens with one attached hydrogen (secondary N) is 1. The van der Waals surface area contributed by atoms with Crippen LogP contribution in [0.15, 0.2) is 17.5 Å². The molecule has 0 unspecified atom stereocenters. The highest BCUT2D eigenvalue weighted by Crippen LogP contribution is 2.27. The van der Waals surface area contributed by atoms with Gasteiger partial charge in [-0.2, -0.15) is 0 Å². The van der Waals surface area contributed by atoms with Crippen molar-refractivity contribution in [2.75, 3.05) is 12.3 Å². The summed E-state index contributed by atoms with van der Waals surface area (Å²) in [6.07, 6.45) is 0. The lowest BCUT2D eigenvalue weighted by Gasteiger charge is -2.10. The van der Waals surface area contributed by atoms with Gasteiger partial charge in [0.2, 0.25) is 5.91 Å². The average Bonchev–Trinajstić information content (AvgIpc) is 2.65. The van der Waals surface area contributed by atoms with Gasteiger partial charge in [-0.1, -0.05) is 6.07 Å². The number of carbonyl (C=O) groups is 1. The zero-order valence-electron chi connectivity index (χ0n) is 7.60. The number of thioether (sulfide) groups is 1. The minimum absolute atomic E-state index is 0.0472. The molecule has 0 aliphatic carbocycles. The van der Waals surface area contributed by atoms with Crippen molar-refractivity contribution in [2.24, 2.45) is 5.73 Å². The molecule has 1 aliphatic heterocycles. The monoisotopic (exact) mass is 228 g/mol. The minimum atomic E-state index is -0.403. The summed E-state index contributed by atoms with van der Waals surface area (Å²) < 4.78 is 0. The van der Waals surface area contributed by atoms with Gasteiger partial charge >= 0.3 is 0 Å². The number of thiophene rings is 1. The van der Waals surface area contributed by atoms with E-state index in [4.69, 9.17) is 5.73 Å². The Morgan fingerprint density at radius 3 is 3.14 bits per heavy atom. The number of amides is 1. The van der Waals surface area contributed by atoms with Crippen molar-refractivity contribution in [3.8, 4) is 0 Å². The third-order valence-electron chi connectivity index (χ3n) is 2.20. The zero-order chi connectivity index (χ0) is 9.97. The fourth-order valence-corrected chi connectivity index (χ4v) is 3.29. The highest BCUT2D eigenvalue weighted by molar-refractivity contribution is 8.00. The van der Waals surface area contributed by atoms with Gasteiger partial charge in [-0.25, -0.2) is 0 Å². The smallest absolute Gasteiger partial charge is 0.247 e. The van der Waals surface area contributed by atoms with Gasteiger partial charge in [0.05, 0.1) is 0 Å². The summed E-state index contributed by atoms with van der Waals surface area (Å²) in [5.74, 6) is 1.28. The van der Waals surface area contributed by atoms with Crippen LogP contribution in [0.2, 0.25) is 0 Å². The summed E-state index contributed by atoms with van der Waals surface area (Å²) in [5, 5.41) is 4.51. The Bertz CT molecular complexity index is 313. The molecule has 0 radical (unpaired) electrons. The SMILES string of the molecule is N[C@H]1SC[C@H](c2cccs2)CNC1=O. The van der Waals surface area contributed by atoms with Gasteiger partial charge in [-0.15, -0.1) is 23.1 Å². The van der Waals surface area contributed by atoms with Crippen LogP contribution in [-0.2, 0) is 4.79 Å². The van der Waals surface area contributed by atoms with Crippen LogP contribution < -0.4 is 11.1 Å². The molecule has 0 saturated carbocycles. The van der Waals surface area contributed by atoms with E-state index in [1.54, 1.807) is 11.3 Å². The molecule has 2 rings (SSSR count). The molecule has 5 heteroatoms. The first-order valence-corrected chi connectivity index (χ1v) is 6.38. The molecule has 2 atom stereocenters. The van der Waals surface area contributed by atoms with E-state index in [1.165, 1.54) is 16.6 Å². The van der Waals surface area contributed by atoms with Crippen molar-refractivity contribution >= 4 is 29.0 Å². The van der Waals surface area contributed by atoms with E-state index in [0.717, 1.165) is 5.75 Å². The molecule has 0 bridgehead atoms. The van der Waals surface area contributed by atoms with Crippen molar-refractivity contribution < 1.29 is 4.79 Å². The van der Waals surface area contributed by atoms with Gasteiger partial charge in [0.15, 0.2) is 0 Å². The molecule has 14 heavy (non-hydrogen) atoms. The Morgan fingerprint density at radius 2 is 2.43 bits per heavy atom. The quantitative estimate of drug-likeness (QED) is 0.753. The van der Waals surface area contributed by atoms with E-state index in [9.17, 15) is 4.79 Å². The lowest BCUT2D eigenvalue weighted by molar-refractivity contribution is -0.120. The van der Waals surface area contributed by atoms with Crippen LogP contribution >= 0.6 is 23.1 Å². The lowest BCUT2D eigenvalue weighted by atomic mass is 10.1. The number of hydrogen-bond acceptors (Lipinski definition) is 4. The van der Waals surface area contributed by atoms with E-state index in [2.05, 4.69) is 16.8 Å². The topological polar surface area (TPSA) is 55.1 Å². The molecule has 1 saturated heterocycles. The largest absolute Gasteiger partial charge is 0.353 e. The molecule has 0 aromatic carbocycles. The molecule has 1 aromatic heterocycles. The standard InChI is InChI=1S/C9H12N2OS2/c10-8-9(12)11-4-6(5-14-8)7-2-1-3-13-7/h1-3,6,8H,4-5,10H2,(H,11,12)/t6-,8+/m1/s1. The summed E-state index contributed by atoms with van der Waals surface area (Å²) >= 11 is 3.26. The van der Waals surface area contributed by atoms with E-state index < -0.39 is 5.37 Å². The molecule has 1 amide bonds. The fraction of sp³-hybridized carbons (Fsp3) is 0.444. The Kier molecular flexibility index (Phi) is 3.10. The van der Waals surface area contributed by atoms with Crippen LogP contribution in [0.25, 0.3) is 0 Å². The highest BCUT2D eigenvalue weighted by Gasteiger charge is 2.23. The Morgan fingerprint density at radius 1 is 1.57 bits per heavy atom. The predicted octanol–water partition coefficient (Wildman–Crippen LogP) is 0.979. The Labute approximate surface area is 91.1 Å².